The third kappa shape index (κ3) is 4.88. The predicted octanol–water partition coefficient (Wildman–Crippen LogP) is 4.25. The highest BCUT2D eigenvalue weighted by Gasteiger charge is 2.19. The summed E-state index contributed by atoms with van der Waals surface area (Å²) in [6.07, 6.45) is 2.50. The predicted molar refractivity (Wildman–Crippen MR) is 110 cm³/mol. The minimum atomic E-state index is -0.452. The second-order valence-electron chi connectivity index (χ2n) is 7.64. The monoisotopic (exact) mass is 381 g/mol. The molecule has 0 radical (unpaired) electrons. The number of carbonyl (C=O) groups is 1. The van der Waals surface area contributed by atoms with Crippen molar-refractivity contribution in [2.45, 2.75) is 39.2 Å². The Morgan fingerprint density at radius 3 is 2.64 bits per heavy atom. The van der Waals surface area contributed by atoms with Gasteiger partial charge in [0.1, 0.15) is 0 Å². The Kier molecular flexibility index (Phi) is 6.29. The Hall–Kier alpha value is -2.89. The van der Waals surface area contributed by atoms with E-state index in [1.54, 1.807) is 18.2 Å². The van der Waals surface area contributed by atoms with Crippen LogP contribution in [0.25, 0.3) is 0 Å². The molecule has 1 amide bonds. The van der Waals surface area contributed by atoms with Gasteiger partial charge in [-0.1, -0.05) is 37.3 Å². The van der Waals surface area contributed by atoms with E-state index >= 15 is 0 Å². The lowest BCUT2D eigenvalue weighted by molar-refractivity contribution is -0.385. The molecular formula is C22H27N3O3. The van der Waals surface area contributed by atoms with Crippen LogP contribution in [-0.4, -0.2) is 23.9 Å². The van der Waals surface area contributed by atoms with E-state index < -0.39 is 4.92 Å². The van der Waals surface area contributed by atoms with E-state index in [0.29, 0.717) is 11.5 Å². The SMILES string of the molecule is CC1CCCN(c2ccc(C(C)NC(=O)Cc3ccccc3[N+](=O)[O-])cc2)C1. The van der Waals surface area contributed by atoms with Gasteiger partial charge < -0.3 is 10.2 Å². The second kappa shape index (κ2) is 8.87. The summed E-state index contributed by atoms with van der Waals surface area (Å²) in [7, 11) is 0. The van der Waals surface area contributed by atoms with Gasteiger partial charge in [-0.25, -0.2) is 0 Å². The van der Waals surface area contributed by atoms with Gasteiger partial charge in [-0.05, 0) is 43.4 Å². The third-order valence-corrected chi connectivity index (χ3v) is 5.33. The molecular weight excluding hydrogens is 354 g/mol. The fraction of sp³-hybridized carbons (Fsp3) is 0.409. The smallest absolute Gasteiger partial charge is 0.273 e. The number of benzene rings is 2. The average molecular weight is 381 g/mol. The summed E-state index contributed by atoms with van der Waals surface area (Å²) < 4.78 is 0. The minimum Gasteiger partial charge on any atom is -0.371 e. The van der Waals surface area contributed by atoms with Crippen LogP contribution in [0.2, 0.25) is 0 Å². The van der Waals surface area contributed by atoms with Crippen LogP contribution in [0.4, 0.5) is 11.4 Å². The van der Waals surface area contributed by atoms with Crippen LogP contribution < -0.4 is 10.2 Å². The number of carbonyl (C=O) groups excluding carboxylic acids is 1. The number of nitrogens with one attached hydrogen (secondary N) is 1. The van der Waals surface area contributed by atoms with Crippen LogP contribution in [0.1, 0.15) is 43.9 Å². The lowest BCUT2D eigenvalue weighted by atomic mass is 9.99. The zero-order valence-electron chi connectivity index (χ0n) is 16.4. The fourth-order valence-electron chi connectivity index (χ4n) is 3.78. The van der Waals surface area contributed by atoms with Crippen molar-refractivity contribution in [1.82, 2.24) is 5.32 Å². The first kappa shape index (κ1) is 19.9. The Morgan fingerprint density at radius 1 is 1.25 bits per heavy atom. The summed E-state index contributed by atoms with van der Waals surface area (Å²) in [4.78, 5) is 25.4. The van der Waals surface area contributed by atoms with E-state index in [1.807, 2.05) is 19.1 Å². The molecule has 0 bridgehead atoms. The van der Waals surface area contributed by atoms with Gasteiger partial charge in [-0.3, -0.25) is 14.9 Å². The quantitative estimate of drug-likeness (QED) is 0.599. The molecule has 6 heteroatoms. The zero-order chi connectivity index (χ0) is 20.1. The van der Waals surface area contributed by atoms with E-state index in [9.17, 15) is 14.9 Å². The van der Waals surface area contributed by atoms with E-state index in [0.717, 1.165) is 18.7 Å². The molecule has 0 aliphatic carbocycles. The number of nitro benzene ring substituents is 1. The molecule has 0 saturated carbocycles. The molecule has 28 heavy (non-hydrogen) atoms. The Labute approximate surface area is 165 Å². The lowest BCUT2D eigenvalue weighted by Crippen LogP contribution is -2.34. The molecule has 1 aliphatic heterocycles. The second-order valence-corrected chi connectivity index (χ2v) is 7.64. The molecule has 1 N–H and O–H groups in total. The van der Waals surface area contributed by atoms with Gasteiger partial charge in [0, 0.05) is 30.4 Å². The van der Waals surface area contributed by atoms with Crippen LogP contribution in [0.15, 0.2) is 48.5 Å². The number of amides is 1. The summed E-state index contributed by atoms with van der Waals surface area (Å²) >= 11 is 0. The van der Waals surface area contributed by atoms with Crippen LogP contribution >= 0.6 is 0 Å². The summed E-state index contributed by atoms with van der Waals surface area (Å²) in [6.45, 7) is 6.39. The lowest BCUT2D eigenvalue weighted by Gasteiger charge is -2.33. The number of anilines is 1. The number of piperidine rings is 1. The molecule has 3 rings (SSSR count). The van der Waals surface area contributed by atoms with Crippen molar-refractivity contribution < 1.29 is 9.72 Å². The van der Waals surface area contributed by atoms with Gasteiger partial charge in [0.25, 0.3) is 5.69 Å². The third-order valence-electron chi connectivity index (χ3n) is 5.33. The summed E-state index contributed by atoms with van der Waals surface area (Å²) in [5.41, 5.74) is 2.63. The maximum atomic E-state index is 12.4. The summed E-state index contributed by atoms with van der Waals surface area (Å²) in [5, 5.41) is 14.0. The van der Waals surface area contributed by atoms with E-state index in [-0.39, 0.29) is 24.1 Å². The molecule has 2 atom stereocenters. The first-order chi connectivity index (χ1) is 13.4. The zero-order valence-corrected chi connectivity index (χ0v) is 16.4. The van der Waals surface area contributed by atoms with Crippen molar-refractivity contribution >= 4 is 17.3 Å². The Balaban J connectivity index is 1.60. The fourth-order valence-corrected chi connectivity index (χ4v) is 3.78. The van der Waals surface area contributed by atoms with Crippen molar-refractivity contribution in [3.8, 4) is 0 Å². The summed E-state index contributed by atoms with van der Waals surface area (Å²) in [5.74, 6) is 0.490. The first-order valence-corrected chi connectivity index (χ1v) is 9.80. The number of nitrogens with zero attached hydrogens (tertiary/aromatic N) is 2. The molecule has 2 aromatic carbocycles. The average Bonchev–Trinajstić information content (AvgIpc) is 2.68. The van der Waals surface area contributed by atoms with Crippen molar-refractivity contribution in [3.63, 3.8) is 0 Å². The van der Waals surface area contributed by atoms with E-state index in [2.05, 4.69) is 29.3 Å². The highest BCUT2D eigenvalue weighted by molar-refractivity contribution is 5.80. The number of para-hydroxylation sites is 1. The highest BCUT2D eigenvalue weighted by Crippen LogP contribution is 2.25. The molecule has 2 aromatic rings. The number of rotatable bonds is 6. The summed E-state index contributed by atoms with van der Waals surface area (Å²) in [6, 6.07) is 14.5. The first-order valence-electron chi connectivity index (χ1n) is 9.80. The molecule has 1 fully saturated rings. The van der Waals surface area contributed by atoms with E-state index in [4.69, 9.17) is 0 Å². The Morgan fingerprint density at radius 2 is 1.96 bits per heavy atom. The van der Waals surface area contributed by atoms with Crippen LogP contribution in [0.3, 0.4) is 0 Å². The molecule has 1 saturated heterocycles. The van der Waals surface area contributed by atoms with Gasteiger partial charge >= 0.3 is 0 Å². The normalized spacial score (nSPS) is 17.8. The standard InChI is InChI=1S/C22H27N3O3/c1-16-6-5-13-24(15-16)20-11-9-18(10-12-20)17(2)23-22(26)14-19-7-3-4-8-21(19)25(27)28/h3-4,7-12,16-17H,5-6,13-15H2,1-2H3,(H,23,26). The molecule has 148 valence electrons. The van der Waals surface area contributed by atoms with Crippen molar-refractivity contribution in [3.05, 3.63) is 69.8 Å². The van der Waals surface area contributed by atoms with Crippen molar-refractivity contribution in [2.24, 2.45) is 5.92 Å². The number of hydrogen-bond donors (Lipinski definition) is 1. The largest absolute Gasteiger partial charge is 0.371 e. The molecule has 0 spiro atoms. The van der Waals surface area contributed by atoms with Crippen LogP contribution in [0.5, 0.6) is 0 Å². The van der Waals surface area contributed by atoms with Gasteiger partial charge in [0.2, 0.25) is 5.91 Å². The number of nitro groups is 1. The maximum absolute atomic E-state index is 12.4. The minimum absolute atomic E-state index is 0.00869. The topological polar surface area (TPSA) is 75.5 Å². The molecule has 2 unspecified atom stereocenters. The van der Waals surface area contributed by atoms with Gasteiger partial charge in [-0.15, -0.1) is 0 Å². The van der Waals surface area contributed by atoms with Gasteiger partial charge in [0.05, 0.1) is 17.4 Å². The molecule has 6 nitrogen and oxygen atoms in total. The van der Waals surface area contributed by atoms with Gasteiger partial charge in [0.15, 0.2) is 0 Å². The van der Waals surface area contributed by atoms with Gasteiger partial charge in [-0.2, -0.15) is 0 Å². The van der Waals surface area contributed by atoms with Crippen LogP contribution in [-0.2, 0) is 11.2 Å². The van der Waals surface area contributed by atoms with Crippen LogP contribution in [0, 0.1) is 16.0 Å². The maximum Gasteiger partial charge on any atom is 0.273 e. The molecule has 1 aliphatic rings. The highest BCUT2D eigenvalue weighted by atomic mass is 16.6. The number of hydrogen-bond acceptors (Lipinski definition) is 4. The molecule has 0 aromatic heterocycles. The molecule has 1 heterocycles. The van der Waals surface area contributed by atoms with Crippen molar-refractivity contribution in [2.75, 3.05) is 18.0 Å². The van der Waals surface area contributed by atoms with Crippen molar-refractivity contribution in [1.29, 1.82) is 0 Å². The van der Waals surface area contributed by atoms with E-state index in [1.165, 1.54) is 24.6 Å². The Bertz CT molecular complexity index is 835.